The fourth-order valence-corrected chi connectivity index (χ4v) is 4.38. The molecule has 1 saturated heterocycles. The predicted molar refractivity (Wildman–Crippen MR) is 127 cm³/mol. The minimum absolute atomic E-state index is 0.0421. The number of aromatic hydroxyl groups is 1. The molecular formula is C25H29N5O4. The molecule has 4 heterocycles. The van der Waals surface area contributed by atoms with Crippen molar-refractivity contribution < 1.29 is 14.6 Å². The van der Waals surface area contributed by atoms with Gasteiger partial charge in [0.05, 0.1) is 24.8 Å². The van der Waals surface area contributed by atoms with Crippen LogP contribution in [-0.2, 0) is 11.3 Å². The van der Waals surface area contributed by atoms with Gasteiger partial charge in [-0.3, -0.25) is 19.7 Å². The van der Waals surface area contributed by atoms with E-state index in [1.165, 1.54) is 0 Å². The second-order valence-corrected chi connectivity index (χ2v) is 8.24. The van der Waals surface area contributed by atoms with E-state index in [1.807, 2.05) is 24.3 Å². The smallest absolute Gasteiger partial charge is 0.409 e. The summed E-state index contributed by atoms with van der Waals surface area (Å²) in [5, 5.41) is 11.0. The van der Waals surface area contributed by atoms with Crippen molar-refractivity contribution in [2.45, 2.75) is 26.4 Å². The SMILES string of the molecule is CCOC(=O)N1CCN([C@@H](c2ccncc2)c2c(O)cc(C)n(Cc3cccnc3)c2=O)CC1. The molecule has 0 spiro atoms. The van der Waals surface area contributed by atoms with E-state index in [0.717, 1.165) is 11.1 Å². The minimum atomic E-state index is -0.486. The predicted octanol–water partition coefficient (Wildman–Crippen LogP) is 2.56. The largest absolute Gasteiger partial charge is 0.507 e. The number of carbonyl (C=O) groups is 1. The van der Waals surface area contributed by atoms with Crippen LogP contribution in [-0.4, -0.2) is 68.3 Å². The molecule has 0 unspecified atom stereocenters. The van der Waals surface area contributed by atoms with E-state index < -0.39 is 6.04 Å². The van der Waals surface area contributed by atoms with Crippen molar-refractivity contribution in [3.8, 4) is 5.75 Å². The molecule has 9 nitrogen and oxygen atoms in total. The summed E-state index contributed by atoms with van der Waals surface area (Å²) >= 11 is 0. The molecule has 34 heavy (non-hydrogen) atoms. The first kappa shape index (κ1) is 23.4. The molecule has 0 aromatic carbocycles. The number of aromatic nitrogens is 3. The number of aryl methyl sites for hydroxylation is 1. The van der Waals surface area contributed by atoms with Gasteiger partial charge in [-0.2, -0.15) is 0 Å². The molecule has 9 heteroatoms. The number of carbonyl (C=O) groups excluding carboxylic acids is 1. The number of hydrogen-bond acceptors (Lipinski definition) is 7. The van der Waals surface area contributed by atoms with Gasteiger partial charge in [0.15, 0.2) is 0 Å². The Morgan fingerprint density at radius 1 is 1.12 bits per heavy atom. The fourth-order valence-electron chi connectivity index (χ4n) is 4.38. The van der Waals surface area contributed by atoms with Crippen LogP contribution in [0.25, 0.3) is 0 Å². The first-order valence-electron chi connectivity index (χ1n) is 11.4. The Kier molecular flexibility index (Phi) is 7.22. The standard InChI is InChI=1S/C25H29N5O4/c1-3-34-25(33)29-13-11-28(12-14-29)23(20-6-9-26-10-7-20)22-21(31)15-18(2)30(24(22)32)17-19-5-4-8-27-16-19/h4-10,15-16,23,31H,3,11-14,17H2,1-2H3/t23-/m0/s1. The molecule has 1 N–H and O–H groups in total. The van der Waals surface area contributed by atoms with E-state index in [4.69, 9.17) is 4.74 Å². The summed E-state index contributed by atoms with van der Waals surface area (Å²) < 4.78 is 6.79. The monoisotopic (exact) mass is 463 g/mol. The lowest BCUT2D eigenvalue weighted by Crippen LogP contribution is -2.50. The van der Waals surface area contributed by atoms with E-state index in [0.29, 0.717) is 50.6 Å². The van der Waals surface area contributed by atoms with Crippen LogP contribution in [0.4, 0.5) is 4.79 Å². The van der Waals surface area contributed by atoms with Gasteiger partial charge in [0.1, 0.15) is 5.75 Å². The molecule has 1 aliphatic heterocycles. The van der Waals surface area contributed by atoms with Crippen molar-refractivity contribution in [1.29, 1.82) is 0 Å². The highest BCUT2D eigenvalue weighted by molar-refractivity contribution is 5.67. The molecule has 1 amide bonds. The molecule has 3 aromatic heterocycles. The summed E-state index contributed by atoms with van der Waals surface area (Å²) in [5.74, 6) is -0.0421. The van der Waals surface area contributed by atoms with Crippen LogP contribution in [0.1, 0.15) is 35.3 Å². The normalized spacial score (nSPS) is 15.2. The number of amides is 1. The van der Waals surface area contributed by atoms with Gasteiger partial charge in [-0.25, -0.2) is 4.79 Å². The quantitative estimate of drug-likeness (QED) is 0.600. The fraction of sp³-hybridized carbons (Fsp3) is 0.360. The lowest BCUT2D eigenvalue weighted by Gasteiger charge is -2.39. The van der Waals surface area contributed by atoms with Crippen molar-refractivity contribution in [1.82, 2.24) is 24.3 Å². The molecule has 0 radical (unpaired) electrons. The molecule has 3 aromatic rings. The Morgan fingerprint density at radius 2 is 1.85 bits per heavy atom. The third kappa shape index (κ3) is 4.94. The Labute approximate surface area is 198 Å². The van der Waals surface area contributed by atoms with Crippen LogP contribution >= 0.6 is 0 Å². The zero-order valence-electron chi connectivity index (χ0n) is 19.4. The number of nitrogens with zero attached hydrogens (tertiary/aromatic N) is 5. The molecule has 1 atom stereocenters. The summed E-state index contributed by atoms with van der Waals surface area (Å²) in [7, 11) is 0. The molecule has 4 rings (SSSR count). The van der Waals surface area contributed by atoms with Gasteiger partial charge >= 0.3 is 6.09 Å². The van der Waals surface area contributed by atoms with Gasteiger partial charge in [0, 0.05) is 56.7 Å². The van der Waals surface area contributed by atoms with Crippen LogP contribution in [0.3, 0.4) is 0 Å². The molecule has 178 valence electrons. The second-order valence-electron chi connectivity index (χ2n) is 8.24. The first-order valence-corrected chi connectivity index (χ1v) is 11.4. The van der Waals surface area contributed by atoms with Gasteiger partial charge in [-0.15, -0.1) is 0 Å². The van der Waals surface area contributed by atoms with Gasteiger partial charge in [-0.05, 0) is 49.2 Å². The Bertz CT molecular complexity index is 1180. The number of piperazine rings is 1. The first-order chi connectivity index (χ1) is 16.5. The zero-order valence-corrected chi connectivity index (χ0v) is 19.4. The summed E-state index contributed by atoms with van der Waals surface area (Å²) in [6.07, 6.45) is 6.44. The maximum absolute atomic E-state index is 13.8. The summed E-state index contributed by atoms with van der Waals surface area (Å²) in [4.78, 5) is 38.0. The van der Waals surface area contributed by atoms with E-state index in [1.54, 1.807) is 54.2 Å². The van der Waals surface area contributed by atoms with E-state index in [-0.39, 0.29) is 17.4 Å². The van der Waals surface area contributed by atoms with E-state index in [9.17, 15) is 14.7 Å². The minimum Gasteiger partial charge on any atom is -0.507 e. The highest BCUT2D eigenvalue weighted by Gasteiger charge is 2.32. The number of pyridine rings is 3. The third-order valence-corrected chi connectivity index (χ3v) is 6.09. The lowest BCUT2D eigenvalue weighted by atomic mass is 9.96. The van der Waals surface area contributed by atoms with Crippen LogP contribution in [0.2, 0.25) is 0 Å². The highest BCUT2D eigenvalue weighted by Crippen LogP contribution is 2.33. The van der Waals surface area contributed by atoms with Crippen molar-refractivity contribution in [3.05, 3.63) is 87.9 Å². The van der Waals surface area contributed by atoms with Crippen molar-refractivity contribution >= 4 is 6.09 Å². The van der Waals surface area contributed by atoms with Crippen molar-refractivity contribution in [2.75, 3.05) is 32.8 Å². The summed E-state index contributed by atoms with van der Waals surface area (Å²) in [6, 6.07) is 8.61. The second kappa shape index (κ2) is 10.5. The Hall–Kier alpha value is -3.72. The Balaban J connectivity index is 1.72. The molecule has 0 bridgehead atoms. The van der Waals surface area contributed by atoms with Gasteiger partial charge in [-0.1, -0.05) is 6.07 Å². The van der Waals surface area contributed by atoms with Crippen LogP contribution < -0.4 is 5.56 Å². The van der Waals surface area contributed by atoms with Crippen molar-refractivity contribution in [3.63, 3.8) is 0 Å². The molecule has 1 aliphatic rings. The zero-order chi connectivity index (χ0) is 24.1. The molecule has 1 fully saturated rings. The Morgan fingerprint density at radius 3 is 2.50 bits per heavy atom. The average molecular weight is 464 g/mol. The maximum Gasteiger partial charge on any atom is 0.409 e. The molecule has 0 aliphatic carbocycles. The molecule has 0 saturated carbocycles. The third-order valence-electron chi connectivity index (χ3n) is 6.09. The highest BCUT2D eigenvalue weighted by atomic mass is 16.6. The lowest BCUT2D eigenvalue weighted by molar-refractivity contribution is 0.0709. The topological polar surface area (TPSA) is 101 Å². The van der Waals surface area contributed by atoms with Gasteiger partial charge < -0.3 is 19.3 Å². The van der Waals surface area contributed by atoms with Crippen LogP contribution in [0.15, 0.2) is 59.9 Å². The summed E-state index contributed by atoms with van der Waals surface area (Å²) in [6.45, 7) is 6.26. The van der Waals surface area contributed by atoms with E-state index in [2.05, 4.69) is 14.9 Å². The maximum atomic E-state index is 13.8. The van der Waals surface area contributed by atoms with Crippen molar-refractivity contribution in [2.24, 2.45) is 0 Å². The van der Waals surface area contributed by atoms with Crippen LogP contribution in [0, 0.1) is 6.92 Å². The molecular weight excluding hydrogens is 434 g/mol. The number of hydrogen-bond donors (Lipinski definition) is 1. The van der Waals surface area contributed by atoms with Crippen LogP contribution in [0.5, 0.6) is 5.75 Å². The van der Waals surface area contributed by atoms with Gasteiger partial charge in [0.2, 0.25) is 0 Å². The summed E-state index contributed by atoms with van der Waals surface area (Å²) in [5.41, 5.74) is 2.47. The number of rotatable bonds is 6. The van der Waals surface area contributed by atoms with Gasteiger partial charge in [0.25, 0.3) is 5.56 Å². The number of ether oxygens (including phenoxy) is 1. The average Bonchev–Trinajstić information content (AvgIpc) is 2.86. The van der Waals surface area contributed by atoms with E-state index >= 15 is 0 Å².